The second-order valence-corrected chi connectivity index (χ2v) is 7.56. The van der Waals surface area contributed by atoms with Crippen molar-refractivity contribution in [3.8, 4) is 0 Å². The molecule has 2 unspecified atom stereocenters. The molecule has 0 aromatic carbocycles. The number of aromatic nitrogens is 2. The third kappa shape index (κ3) is 2.07. The van der Waals surface area contributed by atoms with Crippen LogP contribution >= 0.6 is 0 Å². The van der Waals surface area contributed by atoms with E-state index in [-0.39, 0.29) is 5.91 Å². The number of hydrogen-bond acceptors (Lipinski definition) is 2. The van der Waals surface area contributed by atoms with Crippen LogP contribution in [0.2, 0.25) is 0 Å². The molecular weight excluding hydrogens is 238 g/mol. The van der Waals surface area contributed by atoms with Crippen LogP contribution in [0.1, 0.15) is 56.1 Å². The van der Waals surface area contributed by atoms with E-state index in [0.717, 1.165) is 30.6 Å². The van der Waals surface area contributed by atoms with E-state index in [1.165, 1.54) is 6.42 Å². The van der Waals surface area contributed by atoms with Crippen LogP contribution in [-0.4, -0.2) is 33.6 Å². The molecule has 1 N–H and O–H groups in total. The summed E-state index contributed by atoms with van der Waals surface area (Å²) in [5, 5.41) is 6.83. The number of aryl methyl sites for hydroxylation is 1. The summed E-state index contributed by atoms with van der Waals surface area (Å²) >= 11 is 0. The Morgan fingerprint density at radius 3 is 2.79 bits per heavy atom. The van der Waals surface area contributed by atoms with Crippen molar-refractivity contribution in [2.45, 2.75) is 53.0 Å². The predicted octanol–water partition coefficient (Wildman–Crippen LogP) is 2.76. The van der Waals surface area contributed by atoms with Crippen LogP contribution in [0.3, 0.4) is 0 Å². The number of amides is 1. The molecule has 1 aromatic heterocycles. The van der Waals surface area contributed by atoms with Crippen LogP contribution < -0.4 is 0 Å². The maximum Gasteiger partial charge on any atom is 0.257 e. The fraction of sp³-hybridized carbons (Fsp3) is 0.733. The van der Waals surface area contributed by atoms with Crippen molar-refractivity contribution in [1.29, 1.82) is 0 Å². The second kappa shape index (κ2) is 3.84. The number of likely N-dealkylation sites (tertiary alicyclic amines) is 1. The molecule has 2 atom stereocenters. The Balaban J connectivity index is 1.88. The van der Waals surface area contributed by atoms with Crippen molar-refractivity contribution in [2.75, 3.05) is 6.54 Å². The third-order valence-electron chi connectivity index (χ3n) is 4.74. The van der Waals surface area contributed by atoms with E-state index in [1.54, 1.807) is 6.20 Å². The van der Waals surface area contributed by atoms with E-state index in [2.05, 4.69) is 35.9 Å². The van der Waals surface area contributed by atoms with E-state index in [1.807, 2.05) is 6.92 Å². The van der Waals surface area contributed by atoms with Crippen molar-refractivity contribution in [2.24, 2.45) is 10.8 Å². The van der Waals surface area contributed by atoms with Crippen LogP contribution in [0.5, 0.6) is 0 Å². The molecule has 4 heteroatoms. The zero-order chi connectivity index (χ0) is 13.8. The van der Waals surface area contributed by atoms with E-state index in [4.69, 9.17) is 0 Å². The molecule has 1 aliphatic heterocycles. The molecule has 2 aliphatic rings. The number of H-pyrrole nitrogens is 1. The predicted molar refractivity (Wildman–Crippen MR) is 73.9 cm³/mol. The topological polar surface area (TPSA) is 49.0 Å². The minimum absolute atomic E-state index is 0.151. The molecule has 2 heterocycles. The number of nitrogens with one attached hydrogen (secondary N) is 1. The minimum atomic E-state index is 0.151. The van der Waals surface area contributed by atoms with E-state index in [0.29, 0.717) is 16.9 Å². The number of aromatic amines is 1. The number of rotatable bonds is 1. The van der Waals surface area contributed by atoms with Crippen molar-refractivity contribution >= 4 is 5.91 Å². The minimum Gasteiger partial charge on any atom is -0.335 e. The van der Waals surface area contributed by atoms with Gasteiger partial charge in [-0.15, -0.1) is 0 Å². The Kier molecular flexibility index (Phi) is 2.57. The summed E-state index contributed by atoms with van der Waals surface area (Å²) in [6, 6.07) is 0.399. The maximum atomic E-state index is 12.7. The lowest BCUT2D eigenvalue weighted by atomic mass is 9.65. The molecule has 19 heavy (non-hydrogen) atoms. The van der Waals surface area contributed by atoms with Gasteiger partial charge < -0.3 is 4.90 Å². The Hall–Kier alpha value is -1.32. The molecule has 3 rings (SSSR count). The molecule has 4 nitrogen and oxygen atoms in total. The van der Waals surface area contributed by atoms with Crippen LogP contribution in [0, 0.1) is 17.8 Å². The summed E-state index contributed by atoms with van der Waals surface area (Å²) in [4.78, 5) is 14.8. The highest BCUT2D eigenvalue weighted by atomic mass is 16.2. The maximum absolute atomic E-state index is 12.7. The third-order valence-corrected chi connectivity index (χ3v) is 4.74. The van der Waals surface area contributed by atoms with Gasteiger partial charge in [-0.1, -0.05) is 20.8 Å². The lowest BCUT2D eigenvalue weighted by Gasteiger charge is -2.39. The first-order chi connectivity index (χ1) is 8.80. The van der Waals surface area contributed by atoms with E-state index < -0.39 is 0 Å². The Labute approximate surface area is 114 Å². The van der Waals surface area contributed by atoms with Gasteiger partial charge in [0, 0.05) is 18.3 Å². The highest BCUT2D eigenvalue weighted by Crippen LogP contribution is 2.52. The summed E-state index contributed by atoms with van der Waals surface area (Å²) in [6.45, 7) is 9.79. The summed E-state index contributed by atoms with van der Waals surface area (Å²) in [6.07, 6.45) is 5.14. The second-order valence-electron chi connectivity index (χ2n) is 7.56. The van der Waals surface area contributed by atoms with Gasteiger partial charge in [-0.3, -0.25) is 9.89 Å². The molecular formula is C15H23N3O. The van der Waals surface area contributed by atoms with Crippen molar-refractivity contribution in [1.82, 2.24) is 15.1 Å². The zero-order valence-electron chi connectivity index (χ0n) is 12.3. The molecule has 104 valence electrons. The smallest absolute Gasteiger partial charge is 0.257 e. The monoisotopic (exact) mass is 261 g/mol. The Bertz CT molecular complexity index is 519. The average molecular weight is 261 g/mol. The summed E-state index contributed by atoms with van der Waals surface area (Å²) in [7, 11) is 0. The normalized spacial score (nSPS) is 32.6. The van der Waals surface area contributed by atoms with Crippen LogP contribution in [-0.2, 0) is 0 Å². The first-order valence-electron chi connectivity index (χ1n) is 7.11. The van der Waals surface area contributed by atoms with Gasteiger partial charge in [-0.05, 0) is 37.0 Å². The lowest BCUT2D eigenvalue weighted by molar-refractivity contribution is 0.0707. The fourth-order valence-electron chi connectivity index (χ4n) is 4.42. The lowest BCUT2D eigenvalue weighted by Crippen LogP contribution is -2.37. The Morgan fingerprint density at radius 1 is 1.42 bits per heavy atom. The summed E-state index contributed by atoms with van der Waals surface area (Å²) in [5.41, 5.74) is 2.24. The number of hydrogen-bond donors (Lipinski definition) is 1. The molecule has 1 saturated heterocycles. The van der Waals surface area contributed by atoms with Crippen LogP contribution in [0.15, 0.2) is 6.20 Å². The number of fused-ring (bicyclic) bond motifs is 2. The quantitative estimate of drug-likeness (QED) is 0.845. The van der Waals surface area contributed by atoms with Crippen LogP contribution in [0.4, 0.5) is 0 Å². The molecule has 1 aromatic rings. The zero-order valence-corrected chi connectivity index (χ0v) is 12.3. The van der Waals surface area contributed by atoms with Gasteiger partial charge in [0.1, 0.15) is 0 Å². The highest BCUT2D eigenvalue weighted by Gasteiger charge is 2.51. The Morgan fingerprint density at radius 2 is 2.16 bits per heavy atom. The van der Waals surface area contributed by atoms with Gasteiger partial charge in [0.2, 0.25) is 0 Å². The number of carbonyl (C=O) groups is 1. The van der Waals surface area contributed by atoms with E-state index >= 15 is 0 Å². The van der Waals surface area contributed by atoms with Crippen molar-refractivity contribution in [3.63, 3.8) is 0 Å². The van der Waals surface area contributed by atoms with Gasteiger partial charge in [-0.25, -0.2) is 0 Å². The largest absolute Gasteiger partial charge is 0.335 e. The van der Waals surface area contributed by atoms with Crippen molar-refractivity contribution in [3.05, 3.63) is 17.5 Å². The van der Waals surface area contributed by atoms with Gasteiger partial charge in [0.15, 0.2) is 0 Å². The molecule has 1 aliphatic carbocycles. The molecule has 2 bridgehead atoms. The van der Waals surface area contributed by atoms with Gasteiger partial charge in [0.05, 0.1) is 11.8 Å². The highest BCUT2D eigenvalue weighted by molar-refractivity contribution is 5.95. The fourth-order valence-corrected chi connectivity index (χ4v) is 4.42. The SMILES string of the molecule is Cc1[nH]ncc1C(=O)N1CC2(C)CC1CC(C)(C)C2. The first-order valence-corrected chi connectivity index (χ1v) is 7.11. The molecule has 1 saturated carbocycles. The molecule has 0 radical (unpaired) electrons. The summed E-state index contributed by atoms with van der Waals surface area (Å²) in [5.74, 6) is 0.151. The molecule has 1 amide bonds. The average Bonchev–Trinajstić information content (AvgIpc) is 2.78. The standard InChI is InChI=1S/C15H23N3O/c1-10-12(7-16-17-10)13(19)18-9-15(4)6-11(18)5-14(2,3)8-15/h7,11H,5-6,8-9H2,1-4H3,(H,16,17). The van der Waals surface area contributed by atoms with E-state index in [9.17, 15) is 4.79 Å². The first kappa shape index (κ1) is 12.7. The molecule has 2 fully saturated rings. The van der Waals surface area contributed by atoms with Gasteiger partial charge in [-0.2, -0.15) is 5.10 Å². The van der Waals surface area contributed by atoms with Crippen molar-refractivity contribution < 1.29 is 4.79 Å². The molecule has 0 spiro atoms. The van der Waals surface area contributed by atoms with Gasteiger partial charge >= 0.3 is 0 Å². The number of nitrogens with zero attached hydrogens (tertiary/aromatic N) is 2. The van der Waals surface area contributed by atoms with Crippen LogP contribution in [0.25, 0.3) is 0 Å². The number of carbonyl (C=O) groups excluding carboxylic acids is 1. The summed E-state index contributed by atoms with van der Waals surface area (Å²) < 4.78 is 0. The van der Waals surface area contributed by atoms with Gasteiger partial charge in [0.25, 0.3) is 5.91 Å².